The molecule has 0 amide bonds. The molecule has 0 spiro atoms. The third-order valence-electron chi connectivity index (χ3n) is 3.74. The monoisotopic (exact) mass is 261 g/mol. The van der Waals surface area contributed by atoms with Gasteiger partial charge in [-0.1, -0.05) is 19.8 Å². The Morgan fingerprint density at radius 3 is 2.59 bits per heavy atom. The molecule has 1 N–H and O–H groups in total. The van der Waals surface area contributed by atoms with E-state index in [0.717, 1.165) is 37.8 Å². The van der Waals surface area contributed by atoms with E-state index >= 15 is 0 Å². The molecule has 0 aliphatic heterocycles. The lowest BCUT2D eigenvalue weighted by Gasteiger charge is -2.19. The van der Waals surface area contributed by atoms with Crippen molar-refractivity contribution in [2.24, 2.45) is 11.8 Å². The second-order valence-electron chi connectivity index (χ2n) is 5.43. The lowest BCUT2D eigenvalue weighted by Crippen LogP contribution is -2.26. The van der Waals surface area contributed by atoms with Crippen molar-refractivity contribution in [1.29, 1.82) is 0 Å². The molecule has 0 aromatic heterocycles. The van der Waals surface area contributed by atoms with Gasteiger partial charge in [-0.15, -0.1) is 0 Å². The van der Waals surface area contributed by atoms with Crippen LogP contribution in [0.25, 0.3) is 0 Å². The van der Waals surface area contributed by atoms with Gasteiger partial charge in [-0.25, -0.2) is 8.42 Å². The fraction of sp³-hybridized carbons (Fsp3) is 1.00. The minimum atomic E-state index is -2.77. The predicted octanol–water partition coefficient (Wildman–Crippen LogP) is 2.23. The average Bonchev–Trinajstić information content (AvgIpc) is 2.64. The van der Waals surface area contributed by atoms with E-state index in [9.17, 15) is 8.42 Å². The zero-order chi connectivity index (χ0) is 12.7. The van der Waals surface area contributed by atoms with Gasteiger partial charge < -0.3 is 5.32 Å². The Morgan fingerprint density at radius 2 is 1.94 bits per heavy atom. The number of nitrogens with one attached hydrogen (secondary N) is 1. The van der Waals surface area contributed by atoms with Crippen molar-refractivity contribution < 1.29 is 8.42 Å². The first-order valence-corrected chi connectivity index (χ1v) is 8.97. The van der Waals surface area contributed by atoms with Crippen molar-refractivity contribution in [2.75, 3.05) is 25.1 Å². The Labute approximate surface area is 106 Å². The Bertz CT molecular complexity index is 301. The van der Waals surface area contributed by atoms with Crippen molar-refractivity contribution in [3.8, 4) is 0 Å². The van der Waals surface area contributed by atoms with Crippen molar-refractivity contribution in [1.82, 2.24) is 5.32 Å². The molecule has 0 aromatic carbocycles. The molecule has 3 nitrogen and oxygen atoms in total. The van der Waals surface area contributed by atoms with Crippen LogP contribution >= 0.6 is 0 Å². The van der Waals surface area contributed by atoms with Gasteiger partial charge in [0.1, 0.15) is 9.84 Å². The molecule has 1 aliphatic carbocycles. The second-order valence-corrected chi connectivity index (χ2v) is 7.69. The molecule has 0 aromatic rings. The van der Waals surface area contributed by atoms with Crippen LogP contribution in [-0.2, 0) is 9.84 Å². The molecule has 1 aliphatic rings. The third kappa shape index (κ3) is 6.41. The molecular formula is C13H27NO2S. The van der Waals surface area contributed by atoms with Crippen LogP contribution in [0.4, 0.5) is 0 Å². The molecule has 4 heteroatoms. The summed E-state index contributed by atoms with van der Waals surface area (Å²) in [7, 11) is -2.77. The third-order valence-corrected chi connectivity index (χ3v) is 4.77. The first-order chi connectivity index (χ1) is 8.03. The molecule has 2 atom stereocenters. The molecule has 0 radical (unpaired) electrons. The summed E-state index contributed by atoms with van der Waals surface area (Å²) < 4.78 is 22.2. The first kappa shape index (κ1) is 15.0. The Morgan fingerprint density at radius 1 is 1.24 bits per heavy atom. The van der Waals surface area contributed by atoms with Gasteiger partial charge in [0.2, 0.25) is 0 Å². The highest BCUT2D eigenvalue weighted by Crippen LogP contribution is 2.34. The standard InChI is InChI=1S/C13H27NO2S/c1-3-9-14-11-13-7-4-6-12(13)8-5-10-17(2,15)16/h12-14H,3-11H2,1-2H3. The van der Waals surface area contributed by atoms with Gasteiger partial charge in [0.15, 0.2) is 0 Å². The number of sulfone groups is 1. The summed E-state index contributed by atoms with van der Waals surface area (Å²) in [5.74, 6) is 1.89. The molecule has 0 saturated heterocycles. The van der Waals surface area contributed by atoms with Crippen LogP contribution in [0.3, 0.4) is 0 Å². The minimum Gasteiger partial charge on any atom is -0.316 e. The van der Waals surface area contributed by atoms with E-state index in [2.05, 4.69) is 12.2 Å². The van der Waals surface area contributed by atoms with Gasteiger partial charge >= 0.3 is 0 Å². The van der Waals surface area contributed by atoms with E-state index in [0.29, 0.717) is 5.75 Å². The minimum absolute atomic E-state index is 0.360. The van der Waals surface area contributed by atoms with Crippen molar-refractivity contribution in [2.45, 2.75) is 45.4 Å². The Balaban J connectivity index is 2.22. The largest absolute Gasteiger partial charge is 0.316 e. The summed E-state index contributed by atoms with van der Waals surface area (Å²) in [6.45, 7) is 4.41. The fourth-order valence-corrected chi connectivity index (χ4v) is 3.53. The number of rotatable bonds is 8. The average molecular weight is 261 g/mol. The van der Waals surface area contributed by atoms with Crippen molar-refractivity contribution in [3.05, 3.63) is 0 Å². The van der Waals surface area contributed by atoms with Crippen molar-refractivity contribution >= 4 is 9.84 Å². The highest BCUT2D eigenvalue weighted by Gasteiger charge is 2.26. The molecule has 1 saturated carbocycles. The van der Waals surface area contributed by atoms with E-state index < -0.39 is 9.84 Å². The van der Waals surface area contributed by atoms with E-state index in [4.69, 9.17) is 0 Å². The van der Waals surface area contributed by atoms with Crippen LogP contribution in [0.1, 0.15) is 45.4 Å². The normalized spacial score (nSPS) is 25.3. The van der Waals surface area contributed by atoms with E-state index in [1.54, 1.807) is 0 Å². The predicted molar refractivity (Wildman–Crippen MR) is 72.9 cm³/mol. The van der Waals surface area contributed by atoms with Crippen LogP contribution in [-0.4, -0.2) is 33.5 Å². The van der Waals surface area contributed by atoms with Gasteiger partial charge in [-0.05, 0) is 50.6 Å². The summed E-state index contributed by atoms with van der Waals surface area (Å²) in [5, 5.41) is 3.50. The summed E-state index contributed by atoms with van der Waals surface area (Å²) in [6, 6.07) is 0. The van der Waals surface area contributed by atoms with Crippen LogP contribution in [0, 0.1) is 11.8 Å². The van der Waals surface area contributed by atoms with E-state index in [1.807, 2.05) is 0 Å². The zero-order valence-electron chi connectivity index (χ0n) is 11.2. The molecule has 1 fully saturated rings. The summed E-state index contributed by atoms with van der Waals surface area (Å²) in [5.41, 5.74) is 0. The molecule has 102 valence electrons. The topological polar surface area (TPSA) is 46.2 Å². The van der Waals surface area contributed by atoms with Crippen molar-refractivity contribution in [3.63, 3.8) is 0 Å². The van der Waals surface area contributed by atoms with Gasteiger partial charge in [0.25, 0.3) is 0 Å². The van der Waals surface area contributed by atoms with Crippen LogP contribution in [0.15, 0.2) is 0 Å². The maximum absolute atomic E-state index is 11.1. The summed E-state index contributed by atoms with van der Waals surface area (Å²) in [4.78, 5) is 0. The van der Waals surface area contributed by atoms with E-state index in [-0.39, 0.29) is 0 Å². The second kappa shape index (κ2) is 7.37. The molecule has 0 bridgehead atoms. The van der Waals surface area contributed by atoms with Gasteiger partial charge in [0.05, 0.1) is 0 Å². The number of hydrogen-bond donors (Lipinski definition) is 1. The number of hydrogen-bond acceptors (Lipinski definition) is 3. The van der Waals surface area contributed by atoms with Crippen LogP contribution in [0.5, 0.6) is 0 Å². The Kier molecular flexibility index (Phi) is 6.49. The molecule has 0 heterocycles. The molecular weight excluding hydrogens is 234 g/mol. The van der Waals surface area contributed by atoms with Gasteiger partial charge in [-0.2, -0.15) is 0 Å². The lowest BCUT2D eigenvalue weighted by atomic mass is 9.92. The summed E-state index contributed by atoms with van der Waals surface area (Å²) >= 11 is 0. The quantitative estimate of drug-likeness (QED) is 0.682. The highest BCUT2D eigenvalue weighted by atomic mass is 32.2. The maximum Gasteiger partial charge on any atom is 0.147 e. The highest BCUT2D eigenvalue weighted by molar-refractivity contribution is 7.90. The first-order valence-electron chi connectivity index (χ1n) is 6.91. The Hall–Kier alpha value is -0.0900. The SMILES string of the molecule is CCCNCC1CCCC1CCCS(C)(=O)=O. The lowest BCUT2D eigenvalue weighted by molar-refractivity contribution is 0.345. The van der Waals surface area contributed by atoms with E-state index in [1.165, 1.54) is 31.9 Å². The van der Waals surface area contributed by atoms with Crippen LogP contribution < -0.4 is 5.32 Å². The zero-order valence-corrected chi connectivity index (χ0v) is 12.1. The molecule has 1 rings (SSSR count). The molecule has 17 heavy (non-hydrogen) atoms. The van der Waals surface area contributed by atoms with Gasteiger partial charge in [-0.3, -0.25) is 0 Å². The maximum atomic E-state index is 11.1. The fourth-order valence-electron chi connectivity index (χ4n) is 2.83. The van der Waals surface area contributed by atoms with Gasteiger partial charge in [0, 0.05) is 12.0 Å². The van der Waals surface area contributed by atoms with Crippen LogP contribution in [0.2, 0.25) is 0 Å². The smallest absolute Gasteiger partial charge is 0.147 e. The molecule has 2 unspecified atom stereocenters. The summed E-state index contributed by atoms with van der Waals surface area (Å²) in [6.07, 6.45) is 8.39.